The zero-order valence-electron chi connectivity index (χ0n) is 19.6. The molecule has 0 radical (unpaired) electrons. The molecule has 2 N–H and O–H groups in total. The highest BCUT2D eigenvalue weighted by molar-refractivity contribution is 5.76. The highest BCUT2D eigenvalue weighted by Gasteiger charge is 2.29. The Balaban J connectivity index is 2.92. The van der Waals surface area contributed by atoms with Gasteiger partial charge in [-0.25, -0.2) is 9.59 Å². The molecular formula is C22H31NO10. The molecule has 0 amide bonds. The summed E-state index contributed by atoms with van der Waals surface area (Å²) in [4.78, 5) is 46.9. The van der Waals surface area contributed by atoms with Crippen molar-refractivity contribution >= 4 is 24.2 Å². The molecular weight excluding hydrogens is 438 g/mol. The lowest BCUT2D eigenvalue weighted by molar-refractivity contribution is -0.158. The van der Waals surface area contributed by atoms with Gasteiger partial charge in [-0.15, -0.1) is 0 Å². The van der Waals surface area contributed by atoms with Crippen molar-refractivity contribution in [3.8, 4) is 11.5 Å². The second kappa shape index (κ2) is 12.6. The van der Waals surface area contributed by atoms with Crippen molar-refractivity contribution in [2.45, 2.75) is 52.7 Å². The summed E-state index contributed by atoms with van der Waals surface area (Å²) in [5, 5.41) is 12.4. The Morgan fingerprint density at radius 2 is 1.61 bits per heavy atom. The van der Waals surface area contributed by atoms with E-state index in [0.29, 0.717) is 12.0 Å². The van der Waals surface area contributed by atoms with Crippen LogP contribution in [0.3, 0.4) is 0 Å². The van der Waals surface area contributed by atoms with Crippen LogP contribution >= 0.6 is 0 Å². The molecule has 0 aromatic heterocycles. The molecule has 0 heterocycles. The molecule has 0 aliphatic carbocycles. The van der Waals surface area contributed by atoms with Crippen molar-refractivity contribution in [3.05, 3.63) is 23.8 Å². The van der Waals surface area contributed by atoms with E-state index in [1.165, 1.54) is 18.2 Å². The van der Waals surface area contributed by atoms with E-state index < -0.39 is 35.8 Å². The molecule has 0 aliphatic heterocycles. The molecule has 33 heavy (non-hydrogen) atoms. The second-order valence-corrected chi connectivity index (χ2v) is 7.85. The van der Waals surface area contributed by atoms with Crippen LogP contribution < -0.4 is 14.8 Å². The fourth-order valence-corrected chi connectivity index (χ4v) is 2.43. The summed E-state index contributed by atoms with van der Waals surface area (Å²) in [6, 6.07) is 3.15. The molecule has 1 aromatic carbocycles. The van der Waals surface area contributed by atoms with E-state index in [0.717, 1.165) is 14.2 Å². The van der Waals surface area contributed by atoms with E-state index >= 15 is 0 Å². The minimum Gasteiger partial charge on any atom is -0.480 e. The molecule has 0 fully saturated rings. The first-order chi connectivity index (χ1) is 15.4. The van der Waals surface area contributed by atoms with E-state index in [4.69, 9.17) is 14.2 Å². The molecule has 184 valence electrons. The van der Waals surface area contributed by atoms with Gasteiger partial charge in [0.2, 0.25) is 0 Å². The van der Waals surface area contributed by atoms with Crippen LogP contribution in [0.1, 0.15) is 39.7 Å². The van der Waals surface area contributed by atoms with Gasteiger partial charge in [0.1, 0.15) is 12.1 Å². The summed E-state index contributed by atoms with van der Waals surface area (Å²) in [6.07, 6.45) is -2.04. The smallest absolute Gasteiger partial charge is 0.480 e. The molecule has 11 nitrogen and oxygen atoms in total. The van der Waals surface area contributed by atoms with Crippen molar-refractivity contribution in [3.63, 3.8) is 0 Å². The van der Waals surface area contributed by atoms with Crippen molar-refractivity contribution in [2.75, 3.05) is 20.8 Å². The Kier molecular flexibility index (Phi) is 10.6. The van der Waals surface area contributed by atoms with Gasteiger partial charge in [0.15, 0.2) is 11.5 Å². The fourth-order valence-electron chi connectivity index (χ4n) is 2.43. The first kappa shape index (κ1) is 27.7. The topological polar surface area (TPSA) is 147 Å². The minimum atomic E-state index is -1.13. The number of nitrogens with one attached hydrogen (secondary N) is 1. The van der Waals surface area contributed by atoms with E-state index in [1.807, 2.05) is 6.92 Å². The largest absolute Gasteiger partial charge is 0.513 e. The van der Waals surface area contributed by atoms with Crippen LogP contribution in [0.25, 0.3) is 0 Å². The Hall–Kier alpha value is -3.34. The number of carbonyl (C=O) groups excluding carboxylic acids is 3. The van der Waals surface area contributed by atoms with Gasteiger partial charge in [-0.1, -0.05) is 13.0 Å². The number of esters is 1. The molecule has 11 heteroatoms. The van der Waals surface area contributed by atoms with Gasteiger partial charge < -0.3 is 34.1 Å². The maximum Gasteiger partial charge on any atom is 0.513 e. The van der Waals surface area contributed by atoms with Crippen LogP contribution in [0.15, 0.2) is 18.2 Å². The highest BCUT2D eigenvalue weighted by Crippen LogP contribution is 2.30. The Morgan fingerprint density at radius 1 is 1.03 bits per heavy atom. The lowest BCUT2D eigenvalue weighted by Gasteiger charge is -2.24. The SMILES string of the molecule is CCC(C)(C)C(=O)OC(C)CN[C@@H](Cc1ccc(OC(=O)OC)c(OC(=O)OC)c1)C(=O)O. The van der Waals surface area contributed by atoms with Crippen molar-refractivity contribution in [2.24, 2.45) is 5.41 Å². The van der Waals surface area contributed by atoms with Gasteiger partial charge in [0.05, 0.1) is 19.6 Å². The molecule has 0 spiro atoms. The maximum absolute atomic E-state index is 12.2. The van der Waals surface area contributed by atoms with Gasteiger partial charge in [-0.05, 0) is 51.3 Å². The van der Waals surface area contributed by atoms with Crippen molar-refractivity contribution in [1.29, 1.82) is 0 Å². The Labute approximate surface area is 192 Å². The number of ether oxygens (including phenoxy) is 5. The zero-order valence-corrected chi connectivity index (χ0v) is 19.6. The summed E-state index contributed by atoms with van der Waals surface area (Å²) < 4.78 is 24.2. The minimum absolute atomic E-state index is 0.00745. The third-order valence-electron chi connectivity index (χ3n) is 4.86. The third kappa shape index (κ3) is 8.97. The second-order valence-electron chi connectivity index (χ2n) is 7.85. The summed E-state index contributed by atoms with van der Waals surface area (Å²) >= 11 is 0. The van der Waals surface area contributed by atoms with E-state index in [9.17, 15) is 24.3 Å². The van der Waals surface area contributed by atoms with Crippen LogP contribution in [-0.2, 0) is 30.2 Å². The number of benzene rings is 1. The van der Waals surface area contributed by atoms with Gasteiger partial charge in [-0.2, -0.15) is 0 Å². The normalized spacial score (nSPS) is 12.8. The summed E-state index contributed by atoms with van der Waals surface area (Å²) in [6.45, 7) is 7.20. The number of carbonyl (C=O) groups is 4. The van der Waals surface area contributed by atoms with Crippen LogP contribution in [0.2, 0.25) is 0 Å². The molecule has 1 unspecified atom stereocenters. The highest BCUT2D eigenvalue weighted by atomic mass is 16.7. The average Bonchev–Trinajstić information content (AvgIpc) is 2.77. The molecule has 1 rings (SSSR count). The fraction of sp³-hybridized carbons (Fsp3) is 0.545. The van der Waals surface area contributed by atoms with Crippen LogP contribution in [0.5, 0.6) is 11.5 Å². The molecule has 0 saturated heterocycles. The van der Waals surface area contributed by atoms with Crippen LogP contribution in [0.4, 0.5) is 9.59 Å². The molecule has 2 atom stereocenters. The predicted molar refractivity (Wildman–Crippen MR) is 115 cm³/mol. The summed E-state index contributed by atoms with van der Waals surface area (Å²) in [7, 11) is 2.22. The lowest BCUT2D eigenvalue weighted by Crippen LogP contribution is -2.43. The van der Waals surface area contributed by atoms with Gasteiger partial charge in [-0.3, -0.25) is 9.59 Å². The quantitative estimate of drug-likeness (QED) is 0.280. The number of carboxylic acids is 1. The van der Waals surface area contributed by atoms with E-state index in [2.05, 4.69) is 14.8 Å². The lowest BCUT2D eigenvalue weighted by atomic mass is 9.90. The van der Waals surface area contributed by atoms with E-state index in [-0.39, 0.29) is 30.4 Å². The first-order valence-electron chi connectivity index (χ1n) is 10.2. The van der Waals surface area contributed by atoms with Gasteiger partial charge in [0.25, 0.3) is 0 Å². The van der Waals surface area contributed by atoms with E-state index in [1.54, 1.807) is 20.8 Å². The summed E-state index contributed by atoms with van der Waals surface area (Å²) in [5.41, 5.74) is -0.174. The number of hydrogen-bond donors (Lipinski definition) is 2. The number of aliphatic carboxylic acids is 1. The molecule has 0 aliphatic rings. The predicted octanol–water partition coefficient (Wildman–Crippen LogP) is 2.93. The first-order valence-corrected chi connectivity index (χ1v) is 10.2. The Morgan fingerprint density at radius 3 is 2.12 bits per heavy atom. The van der Waals surface area contributed by atoms with Crippen molar-refractivity contribution in [1.82, 2.24) is 5.32 Å². The monoisotopic (exact) mass is 469 g/mol. The molecule has 0 bridgehead atoms. The zero-order chi connectivity index (χ0) is 25.2. The summed E-state index contributed by atoms with van der Waals surface area (Å²) in [5.74, 6) is -1.77. The van der Waals surface area contributed by atoms with Gasteiger partial charge in [0, 0.05) is 6.54 Å². The van der Waals surface area contributed by atoms with Crippen molar-refractivity contribution < 1.29 is 48.0 Å². The van der Waals surface area contributed by atoms with Crippen LogP contribution in [-0.4, -0.2) is 62.3 Å². The van der Waals surface area contributed by atoms with Crippen LogP contribution in [0, 0.1) is 5.41 Å². The number of carboxylic acid groups (broad SMARTS) is 1. The third-order valence-corrected chi connectivity index (χ3v) is 4.86. The maximum atomic E-state index is 12.2. The standard InChI is InChI=1S/C22H31NO10/c1-7-22(3,4)19(26)31-13(2)12-23-15(18(24)25)10-14-8-9-16(32-20(27)29-5)17(11-14)33-21(28)30-6/h8-9,11,13,15,23H,7,10,12H2,1-6H3,(H,24,25)/t13?,15-/m0/s1. The number of methoxy groups -OCH3 is 2. The Bertz CT molecular complexity index is 852. The number of rotatable bonds is 11. The molecule has 1 aromatic rings. The van der Waals surface area contributed by atoms with Gasteiger partial charge >= 0.3 is 24.2 Å². The number of hydrogen-bond acceptors (Lipinski definition) is 10. The average molecular weight is 469 g/mol. The molecule has 0 saturated carbocycles.